The molecule has 1 aromatic carbocycles. The molecule has 0 fully saturated rings. The molecule has 5 heteroatoms. The van der Waals surface area contributed by atoms with Crippen LogP contribution >= 0.6 is 21.2 Å². The molecule has 0 saturated carbocycles. The van der Waals surface area contributed by atoms with Gasteiger partial charge in [0, 0.05) is 32.7 Å². The van der Waals surface area contributed by atoms with Crippen molar-refractivity contribution in [1.82, 2.24) is 4.90 Å². The molecular formula is C14H22INO2Y. The summed E-state index contributed by atoms with van der Waals surface area (Å²) in [5.74, 6) is -0.163. The molecule has 0 aliphatic carbocycles. The molecule has 0 aliphatic rings. The number of carbonyl (C=O) groups excluding carboxylic acids is 1. The Labute approximate surface area is 151 Å². The number of aryl methyl sites for hydroxylation is 1. The molecule has 105 valence electrons. The maximum Gasteiger partial charge on any atom is 0 e. The molecule has 3 nitrogen and oxygen atoms in total. The fraction of sp³-hybridized carbons (Fsp3) is 0.500. The van der Waals surface area contributed by atoms with Gasteiger partial charge in [0.05, 0.1) is 0 Å². The summed E-state index contributed by atoms with van der Waals surface area (Å²) in [6, 6.07) is 6.35. The molecule has 19 heavy (non-hydrogen) atoms. The van der Waals surface area contributed by atoms with Crippen molar-refractivity contribution in [3.8, 4) is 0 Å². The molecule has 0 heterocycles. The van der Waals surface area contributed by atoms with E-state index in [1.54, 1.807) is 0 Å². The zero-order valence-electron chi connectivity index (χ0n) is 12.3. The van der Waals surface area contributed by atoms with Crippen LogP contribution in [0.1, 0.15) is 11.1 Å². The number of carbonyl (C=O) groups is 1. The van der Waals surface area contributed by atoms with Gasteiger partial charge in [-0.25, -0.2) is 0 Å². The number of hydrogen-bond acceptors (Lipinski definition) is 3. The summed E-state index contributed by atoms with van der Waals surface area (Å²) in [5, 5.41) is 0. The number of likely N-dealkylation sites (N-methyl/N-ethyl adjacent to an activating group) is 1. The van der Waals surface area contributed by atoms with Crippen LogP contribution in [0.5, 0.6) is 0 Å². The number of esters is 1. The third-order valence-corrected chi connectivity index (χ3v) is 5.34. The van der Waals surface area contributed by atoms with Crippen LogP contribution in [0.3, 0.4) is 0 Å². The van der Waals surface area contributed by atoms with E-state index in [-0.39, 0.29) is 65.9 Å². The zero-order chi connectivity index (χ0) is 13.7. The SMILES string of the molecule is COC(=O)C(Cc1cc(C)ccc1[IH]C)N(C)C.[Y]. The van der Waals surface area contributed by atoms with E-state index in [4.69, 9.17) is 4.74 Å². The number of benzene rings is 1. The molecule has 1 aromatic rings. The van der Waals surface area contributed by atoms with Crippen molar-refractivity contribution in [2.75, 3.05) is 26.1 Å². The molecular weight excluding hydrogens is 430 g/mol. The Bertz CT molecular complexity index is 424. The maximum atomic E-state index is 11.8. The van der Waals surface area contributed by atoms with Crippen LogP contribution in [0.15, 0.2) is 18.2 Å². The van der Waals surface area contributed by atoms with Gasteiger partial charge in [-0.2, -0.15) is 0 Å². The molecule has 0 spiro atoms. The third kappa shape index (κ3) is 5.78. The van der Waals surface area contributed by atoms with E-state index in [0.29, 0.717) is 0 Å². The summed E-state index contributed by atoms with van der Waals surface area (Å²) in [6.07, 6.45) is 0.731. The fourth-order valence-electron chi connectivity index (χ4n) is 1.89. The minimum absolute atomic E-state index is 0. The average molecular weight is 452 g/mol. The average Bonchev–Trinajstić information content (AvgIpc) is 2.34. The second-order valence-electron chi connectivity index (χ2n) is 4.52. The summed E-state index contributed by atoms with van der Waals surface area (Å²) in [4.78, 5) is 16.0. The van der Waals surface area contributed by atoms with Gasteiger partial charge < -0.3 is 0 Å². The first kappa shape index (κ1) is 19.5. The molecule has 0 N–H and O–H groups in total. The molecule has 1 radical (unpaired) electrons. The van der Waals surface area contributed by atoms with E-state index in [2.05, 4.69) is 30.1 Å². The van der Waals surface area contributed by atoms with Crippen molar-refractivity contribution in [3.05, 3.63) is 32.9 Å². The van der Waals surface area contributed by atoms with Gasteiger partial charge >= 0.3 is 120 Å². The second kappa shape index (κ2) is 9.43. The zero-order valence-corrected chi connectivity index (χ0v) is 17.4. The molecule has 0 aliphatic heterocycles. The monoisotopic (exact) mass is 452 g/mol. The maximum absolute atomic E-state index is 11.8. The molecule has 1 rings (SSSR count). The van der Waals surface area contributed by atoms with E-state index in [1.165, 1.54) is 21.8 Å². The molecule has 1 unspecified atom stereocenters. The molecule has 0 aromatic heterocycles. The Kier molecular flexibility index (Phi) is 9.67. The number of rotatable bonds is 5. The predicted octanol–water partition coefficient (Wildman–Crippen LogP) is 2.14. The van der Waals surface area contributed by atoms with Crippen molar-refractivity contribution >= 4 is 27.2 Å². The van der Waals surface area contributed by atoms with E-state index >= 15 is 0 Å². The summed E-state index contributed by atoms with van der Waals surface area (Å²) >= 11 is -0.145. The van der Waals surface area contributed by atoms with Gasteiger partial charge in [0.25, 0.3) is 0 Å². The van der Waals surface area contributed by atoms with Crippen LogP contribution in [0.25, 0.3) is 0 Å². The van der Waals surface area contributed by atoms with E-state index in [0.717, 1.165) is 6.42 Å². The van der Waals surface area contributed by atoms with Crippen molar-refractivity contribution < 1.29 is 42.2 Å². The Morgan fingerprint density at radius 2 is 2.05 bits per heavy atom. The first-order valence-corrected chi connectivity index (χ1v) is 9.37. The minimum atomic E-state index is -0.199. The Balaban J connectivity index is 0.00000324. The second-order valence-corrected chi connectivity index (χ2v) is 6.94. The van der Waals surface area contributed by atoms with E-state index in [9.17, 15) is 4.79 Å². The van der Waals surface area contributed by atoms with Crippen molar-refractivity contribution in [2.45, 2.75) is 19.4 Å². The summed E-state index contributed by atoms with van der Waals surface area (Å²) < 4.78 is 6.31. The quantitative estimate of drug-likeness (QED) is 0.390. The number of methoxy groups -OCH3 is 1. The van der Waals surface area contributed by atoms with Gasteiger partial charge in [-0.3, -0.25) is 0 Å². The number of alkyl halides is 1. The molecule has 0 saturated heterocycles. The summed E-state index contributed by atoms with van der Waals surface area (Å²) in [7, 11) is 5.28. The van der Waals surface area contributed by atoms with Crippen LogP contribution in [0, 0.1) is 10.5 Å². The normalized spacial score (nSPS) is 12.1. The van der Waals surface area contributed by atoms with Gasteiger partial charge in [-0.15, -0.1) is 0 Å². The molecule has 0 amide bonds. The van der Waals surface area contributed by atoms with Crippen LogP contribution < -0.4 is 0 Å². The van der Waals surface area contributed by atoms with E-state index < -0.39 is 0 Å². The standard InChI is InChI=1S/C14H22INO2.Y/c1-10-6-7-12(15-2)11(8-10)9-13(16(3)4)14(17)18-5;/h6-8,13,15H,9H2,1-5H3;. The molecule has 0 bridgehead atoms. The van der Waals surface area contributed by atoms with Gasteiger partial charge in [0.1, 0.15) is 0 Å². The van der Waals surface area contributed by atoms with E-state index in [1.807, 2.05) is 19.0 Å². The minimum Gasteiger partial charge on any atom is 0 e. The van der Waals surface area contributed by atoms with Crippen molar-refractivity contribution in [3.63, 3.8) is 0 Å². The first-order chi connectivity index (χ1) is 8.49. The van der Waals surface area contributed by atoms with Crippen molar-refractivity contribution in [2.24, 2.45) is 0 Å². The van der Waals surface area contributed by atoms with Gasteiger partial charge in [0.2, 0.25) is 0 Å². The first-order valence-electron chi connectivity index (χ1n) is 5.87. The van der Waals surface area contributed by atoms with Crippen LogP contribution in [-0.2, 0) is 48.7 Å². The van der Waals surface area contributed by atoms with Crippen molar-refractivity contribution in [1.29, 1.82) is 0 Å². The van der Waals surface area contributed by atoms with Gasteiger partial charge in [-0.05, 0) is 0 Å². The number of hydrogen-bond donors (Lipinski definition) is 0. The summed E-state index contributed by atoms with van der Waals surface area (Å²) in [5.41, 5.74) is 2.54. The Morgan fingerprint density at radius 1 is 1.42 bits per heavy atom. The summed E-state index contributed by atoms with van der Waals surface area (Å²) in [6.45, 7) is 2.09. The Hall–Kier alpha value is 0.484. The predicted molar refractivity (Wildman–Crippen MR) is 84.4 cm³/mol. The van der Waals surface area contributed by atoms with Gasteiger partial charge in [0.15, 0.2) is 0 Å². The van der Waals surface area contributed by atoms with Crippen LogP contribution in [0.4, 0.5) is 0 Å². The number of ether oxygens (including phenoxy) is 1. The number of nitrogens with zero attached hydrogens (tertiary/aromatic N) is 1. The van der Waals surface area contributed by atoms with Crippen LogP contribution in [0.2, 0.25) is 0 Å². The fourth-order valence-corrected chi connectivity index (χ4v) is 3.62. The third-order valence-electron chi connectivity index (χ3n) is 2.95. The topological polar surface area (TPSA) is 29.5 Å². The molecule has 1 atom stereocenters. The smallest absolute Gasteiger partial charge is 0 e. The Morgan fingerprint density at radius 3 is 2.53 bits per heavy atom. The van der Waals surface area contributed by atoms with Gasteiger partial charge in [-0.1, -0.05) is 0 Å². The number of halogens is 1. The largest absolute Gasteiger partial charge is 0 e. The van der Waals surface area contributed by atoms with Crippen LogP contribution in [-0.4, -0.2) is 43.0 Å².